The molecule has 0 aliphatic carbocycles. The molecule has 0 bridgehead atoms. The maximum Gasteiger partial charge on any atom is 0.299 e. The fourth-order valence-corrected chi connectivity index (χ4v) is 0.464. The number of hydrogen-bond donors (Lipinski definition) is 4. The molecule has 5 nitrogen and oxygen atoms in total. The van der Waals surface area contributed by atoms with E-state index in [1.165, 1.54) is 12.1 Å². The van der Waals surface area contributed by atoms with Gasteiger partial charge in [0.05, 0.1) is 0 Å². The van der Waals surface area contributed by atoms with Gasteiger partial charge in [0, 0.05) is 0 Å². The molecule has 1 aromatic carbocycles. The van der Waals surface area contributed by atoms with Crippen molar-refractivity contribution in [3.63, 3.8) is 0 Å². The van der Waals surface area contributed by atoms with Crippen molar-refractivity contribution >= 4 is 11.4 Å². The summed E-state index contributed by atoms with van der Waals surface area (Å²) in [6.45, 7) is 0. The Morgan fingerprint density at radius 2 is 1.25 bits per heavy atom. The largest absolute Gasteiger partial charge is 0.504 e. The molecule has 0 aliphatic rings. The van der Waals surface area contributed by atoms with Crippen LogP contribution in [0.1, 0.15) is 0 Å². The molecule has 0 fully saturated rings. The molecule has 0 unspecified atom stereocenters. The van der Waals surface area contributed by atoms with Gasteiger partial charge in [0.25, 0.3) is 11.4 Å². The van der Waals surface area contributed by atoms with Crippen LogP contribution < -0.4 is 0 Å². The fraction of sp³-hybridized carbons (Fsp3) is 0. The van der Waals surface area contributed by atoms with E-state index in [-0.39, 0.29) is 11.5 Å². The molecule has 0 amide bonds. The summed E-state index contributed by atoms with van der Waals surface area (Å²) in [4.78, 5) is 0. The summed E-state index contributed by atoms with van der Waals surface area (Å²) in [6.07, 6.45) is 0. The van der Waals surface area contributed by atoms with Crippen LogP contribution in [-0.4, -0.2) is 23.5 Å². The van der Waals surface area contributed by atoms with Gasteiger partial charge in [0.1, 0.15) is 0 Å². The summed E-state index contributed by atoms with van der Waals surface area (Å²) in [5, 5.41) is 17.3. The third-order valence-electron chi connectivity index (χ3n) is 0.882. The molecule has 0 saturated carbocycles. The van der Waals surface area contributed by atoms with Gasteiger partial charge in [-0.25, -0.2) is 0 Å². The summed E-state index contributed by atoms with van der Waals surface area (Å²) < 4.78 is 22.8. The van der Waals surface area contributed by atoms with Crippen LogP contribution in [0.25, 0.3) is 0 Å². The average Bonchev–Trinajstić information content (AvgIpc) is 1.94. The van der Waals surface area contributed by atoms with Crippen molar-refractivity contribution in [2.75, 3.05) is 0 Å². The maximum absolute atomic E-state index is 8.67. The smallest absolute Gasteiger partial charge is 0.299 e. The zero-order chi connectivity index (χ0) is 9.56. The van der Waals surface area contributed by atoms with Crippen molar-refractivity contribution in [1.29, 1.82) is 0 Å². The maximum atomic E-state index is 8.67. The van der Waals surface area contributed by atoms with Crippen LogP contribution in [0.5, 0.6) is 11.5 Å². The molecule has 12 heavy (non-hydrogen) atoms. The van der Waals surface area contributed by atoms with Crippen molar-refractivity contribution in [3.8, 4) is 11.5 Å². The summed E-state index contributed by atoms with van der Waals surface area (Å²) in [5.74, 6) is -0.153. The zero-order valence-corrected chi connectivity index (χ0v) is 6.73. The molecule has 0 saturated heterocycles. The van der Waals surface area contributed by atoms with Gasteiger partial charge < -0.3 is 10.2 Å². The Balaban J connectivity index is 0.000000261. The summed E-state index contributed by atoms with van der Waals surface area (Å²) >= 11 is -2.61. The molecule has 1 rings (SSSR count). The fourth-order valence-electron chi connectivity index (χ4n) is 0.464. The number of phenols is 2. The topological polar surface area (TPSA) is 98.0 Å². The van der Waals surface area contributed by atoms with E-state index in [1.54, 1.807) is 12.1 Å². The van der Waals surface area contributed by atoms with Gasteiger partial charge in [0.15, 0.2) is 11.5 Å². The standard InChI is InChI=1S/C6H6O2.H2O3S/c7-5-3-1-2-4-6(5)8;1-4(2)3/h1-4,7-8H;(H2,1,2,3). The lowest BCUT2D eigenvalue weighted by molar-refractivity contribution is 0.404. The lowest BCUT2D eigenvalue weighted by Crippen LogP contribution is -1.74. The van der Waals surface area contributed by atoms with Crippen LogP contribution in [-0.2, 0) is 11.4 Å². The van der Waals surface area contributed by atoms with Crippen molar-refractivity contribution in [3.05, 3.63) is 24.3 Å². The Morgan fingerprint density at radius 3 is 1.42 bits per heavy atom. The highest BCUT2D eigenvalue weighted by Gasteiger charge is 1.90. The van der Waals surface area contributed by atoms with Crippen LogP contribution in [0.2, 0.25) is 0 Å². The molecule has 0 radical (unpaired) electrons. The molecule has 0 aromatic heterocycles. The van der Waals surface area contributed by atoms with Gasteiger partial charge >= 0.3 is 0 Å². The third-order valence-corrected chi connectivity index (χ3v) is 0.882. The first-order chi connectivity index (χ1) is 5.54. The predicted octanol–water partition coefficient (Wildman–Crippen LogP) is 0.779. The van der Waals surface area contributed by atoms with E-state index in [0.29, 0.717) is 0 Å². The van der Waals surface area contributed by atoms with E-state index < -0.39 is 11.4 Å². The number of aromatic hydroxyl groups is 2. The van der Waals surface area contributed by atoms with Gasteiger partial charge in [-0.15, -0.1) is 0 Å². The van der Waals surface area contributed by atoms with Crippen molar-refractivity contribution in [2.45, 2.75) is 0 Å². The molecule has 0 heterocycles. The third kappa shape index (κ3) is 5.66. The highest BCUT2D eigenvalue weighted by molar-refractivity contribution is 7.73. The van der Waals surface area contributed by atoms with E-state index in [4.69, 9.17) is 23.5 Å². The SMILES string of the molecule is O=S(O)O.Oc1ccccc1O. The Kier molecular flexibility index (Phi) is 5.02. The van der Waals surface area contributed by atoms with Crippen LogP contribution in [0.15, 0.2) is 24.3 Å². The van der Waals surface area contributed by atoms with Crippen molar-refractivity contribution in [1.82, 2.24) is 0 Å². The first-order valence-electron chi connectivity index (χ1n) is 2.81. The van der Waals surface area contributed by atoms with Crippen LogP contribution in [0.4, 0.5) is 0 Å². The van der Waals surface area contributed by atoms with E-state index in [0.717, 1.165) is 0 Å². The van der Waals surface area contributed by atoms with Gasteiger partial charge in [-0.3, -0.25) is 9.11 Å². The number of benzene rings is 1. The summed E-state index contributed by atoms with van der Waals surface area (Å²) in [5.41, 5.74) is 0. The molecule has 6 heteroatoms. The first-order valence-corrected chi connectivity index (χ1v) is 3.87. The monoisotopic (exact) mass is 192 g/mol. The number of rotatable bonds is 0. The average molecular weight is 192 g/mol. The normalized spacial score (nSPS) is 8.92. The van der Waals surface area contributed by atoms with Gasteiger partial charge in [-0.1, -0.05) is 12.1 Å². The first kappa shape index (κ1) is 10.9. The minimum atomic E-state index is -2.61. The van der Waals surface area contributed by atoms with Gasteiger partial charge in [-0.05, 0) is 12.1 Å². The van der Waals surface area contributed by atoms with Crippen molar-refractivity contribution < 1.29 is 23.5 Å². The minimum Gasteiger partial charge on any atom is -0.504 e. The Hall–Kier alpha value is -1.11. The Morgan fingerprint density at radius 1 is 1.00 bits per heavy atom. The highest BCUT2D eigenvalue weighted by Crippen LogP contribution is 2.21. The molecular weight excluding hydrogens is 184 g/mol. The molecule has 0 spiro atoms. The van der Waals surface area contributed by atoms with Crippen LogP contribution >= 0.6 is 0 Å². The molecule has 1 aromatic rings. The van der Waals surface area contributed by atoms with E-state index in [1.807, 2.05) is 0 Å². The van der Waals surface area contributed by atoms with E-state index >= 15 is 0 Å². The van der Waals surface area contributed by atoms with E-state index in [9.17, 15) is 0 Å². The summed E-state index contributed by atoms with van der Waals surface area (Å²) in [7, 11) is 0. The molecule has 4 N–H and O–H groups in total. The number of hydrogen-bond acceptors (Lipinski definition) is 3. The second-order valence-corrected chi connectivity index (χ2v) is 2.18. The Labute approximate surface area is 71.4 Å². The molecular formula is C6H8O5S. The van der Waals surface area contributed by atoms with Gasteiger partial charge in [0.2, 0.25) is 0 Å². The van der Waals surface area contributed by atoms with Crippen LogP contribution in [0.3, 0.4) is 0 Å². The van der Waals surface area contributed by atoms with Crippen LogP contribution in [0, 0.1) is 0 Å². The number of phenolic OH excluding ortho intramolecular Hbond substituents is 2. The minimum absolute atomic E-state index is 0.0764. The second kappa shape index (κ2) is 5.53. The lowest BCUT2D eigenvalue weighted by atomic mass is 10.3. The van der Waals surface area contributed by atoms with E-state index in [2.05, 4.69) is 0 Å². The zero-order valence-electron chi connectivity index (χ0n) is 5.91. The molecule has 68 valence electrons. The second-order valence-electron chi connectivity index (χ2n) is 1.72. The molecule has 0 aliphatic heterocycles. The van der Waals surface area contributed by atoms with Crippen molar-refractivity contribution in [2.24, 2.45) is 0 Å². The van der Waals surface area contributed by atoms with Gasteiger partial charge in [-0.2, -0.15) is 4.21 Å². The summed E-state index contributed by atoms with van der Waals surface area (Å²) in [6, 6.07) is 6.15. The Bertz CT molecular complexity index is 237. The quantitative estimate of drug-likeness (QED) is 0.359. The lowest BCUT2D eigenvalue weighted by Gasteiger charge is -1.91. The number of para-hydroxylation sites is 2. The highest BCUT2D eigenvalue weighted by atomic mass is 32.2. The molecule has 0 atom stereocenters. The predicted molar refractivity (Wildman–Crippen MR) is 43.2 cm³/mol.